The van der Waals surface area contributed by atoms with Gasteiger partial charge in [-0.15, -0.1) is 0 Å². The van der Waals surface area contributed by atoms with Gasteiger partial charge >= 0.3 is 6.03 Å². The van der Waals surface area contributed by atoms with Crippen LogP contribution in [0.2, 0.25) is 5.02 Å². The molecule has 3 aromatic carbocycles. The Morgan fingerprint density at radius 1 is 0.897 bits per heavy atom. The van der Waals surface area contributed by atoms with Gasteiger partial charge in [-0.2, -0.15) is 4.31 Å². The normalized spacial score (nSPS) is 15.3. The van der Waals surface area contributed by atoms with Gasteiger partial charge in [0, 0.05) is 5.02 Å². The molecule has 3 aromatic rings. The first kappa shape index (κ1) is 19.5. The smallest absolute Gasteiger partial charge is 0.287 e. The number of carbonyl (C=O) groups is 1. The highest BCUT2D eigenvalue weighted by Gasteiger charge is 2.43. The first-order chi connectivity index (χ1) is 13.8. The van der Waals surface area contributed by atoms with E-state index in [2.05, 4.69) is 0 Å². The molecule has 0 bridgehead atoms. The molecule has 0 saturated heterocycles. The van der Waals surface area contributed by atoms with Gasteiger partial charge in [0.05, 0.1) is 17.9 Å². The number of fused-ring (bicyclic) bond motifs is 1. The maximum Gasteiger partial charge on any atom is 0.343 e. The van der Waals surface area contributed by atoms with E-state index < -0.39 is 16.1 Å². The lowest BCUT2D eigenvalue weighted by Crippen LogP contribution is -2.51. The van der Waals surface area contributed by atoms with E-state index in [1.165, 1.54) is 11.0 Å². The molecule has 0 fully saturated rings. The molecule has 0 radical (unpaired) electrons. The molecule has 4 rings (SSSR count). The number of rotatable bonds is 3. The summed E-state index contributed by atoms with van der Waals surface area (Å²) in [6, 6.07) is 18.5. The average molecular weight is 427 g/mol. The Morgan fingerprint density at radius 2 is 1.59 bits per heavy atom. The van der Waals surface area contributed by atoms with E-state index in [1.807, 2.05) is 37.3 Å². The maximum atomic E-state index is 13.5. The van der Waals surface area contributed by atoms with Gasteiger partial charge in [0.1, 0.15) is 4.90 Å². The second-order valence-corrected chi connectivity index (χ2v) is 9.15. The Balaban J connectivity index is 1.92. The lowest BCUT2D eigenvalue weighted by atomic mass is 10.1. The van der Waals surface area contributed by atoms with Crippen molar-refractivity contribution in [3.05, 3.63) is 88.4 Å². The lowest BCUT2D eigenvalue weighted by molar-refractivity contribution is 0.253. The predicted molar refractivity (Wildman–Crippen MR) is 115 cm³/mol. The second-order valence-electron chi connectivity index (χ2n) is 6.99. The molecule has 29 heavy (non-hydrogen) atoms. The van der Waals surface area contributed by atoms with Gasteiger partial charge in [-0.25, -0.2) is 13.2 Å². The van der Waals surface area contributed by atoms with E-state index in [0.717, 1.165) is 15.4 Å². The molecule has 0 atom stereocenters. The summed E-state index contributed by atoms with van der Waals surface area (Å²) in [4.78, 5) is 15.1. The predicted octanol–water partition coefficient (Wildman–Crippen LogP) is 5.29. The highest BCUT2D eigenvalue weighted by Crippen LogP contribution is 2.39. The van der Waals surface area contributed by atoms with Crippen molar-refractivity contribution in [2.75, 3.05) is 9.21 Å². The van der Waals surface area contributed by atoms with Gasteiger partial charge in [-0.05, 0) is 54.8 Å². The summed E-state index contributed by atoms with van der Waals surface area (Å²) in [6.07, 6.45) is 0. The molecule has 1 aliphatic rings. The Hall–Kier alpha value is -2.83. The highest BCUT2D eigenvalue weighted by atomic mass is 35.5. The van der Waals surface area contributed by atoms with E-state index >= 15 is 0 Å². The number of urea groups is 1. The molecule has 0 spiro atoms. The van der Waals surface area contributed by atoms with E-state index in [1.54, 1.807) is 37.3 Å². The number of hydrogen-bond acceptors (Lipinski definition) is 3. The number of sulfonamides is 1. The number of nitrogens with zero attached hydrogens (tertiary/aromatic N) is 2. The maximum absolute atomic E-state index is 13.5. The SMILES string of the molecule is Cc1ccc(C)c(N2C(=O)N(Cc3ccccc3Cl)c3ccccc3S2(=O)=O)c1. The van der Waals surface area contributed by atoms with E-state index in [-0.39, 0.29) is 11.4 Å². The molecule has 148 valence electrons. The first-order valence-electron chi connectivity index (χ1n) is 9.07. The Morgan fingerprint density at radius 3 is 2.34 bits per heavy atom. The van der Waals surface area contributed by atoms with Crippen molar-refractivity contribution in [1.29, 1.82) is 0 Å². The number of benzene rings is 3. The molecule has 0 N–H and O–H groups in total. The average Bonchev–Trinajstić information content (AvgIpc) is 2.69. The van der Waals surface area contributed by atoms with Gasteiger partial charge in [-0.3, -0.25) is 4.90 Å². The highest BCUT2D eigenvalue weighted by molar-refractivity contribution is 7.94. The van der Waals surface area contributed by atoms with Crippen molar-refractivity contribution in [1.82, 2.24) is 0 Å². The van der Waals surface area contributed by atoms with E-state index in [9.17, 15) is 13.2 Å². The standard InChI is InChI=1S/C22H19ClN2O3S/c1-15-11-12-16(2)20(13-15)25-22(26)24(14-17-7-3-4-8-18(17)23)19-9-5-6-10-21(19)29(25,27)28/h3-13H,14H2,1-2H3. The number of amides is 2. The molecular weight excluding hydrogens is 408 g/mol. The van der Waals surface area contributed by atoms with Crippen molar-refractivity contribution in [2.45, 2.75) is 25.3 Å². The zero-order valence-corrected chi connectivity index (χ0v) is 17.5. The number of para-hydroxylation sites is 1. The molecule has 7 heteroatoms. The van der Waals surface area contributed by atoms with Crippen LogP contribution in [0, 0.1) is 13.8 Å². The Kier molecular flexibility index (Phi) is 4.84. The van der Waals surface area contributed by atoms with Gasteiger partial charge in [0.2, 0.25) is 0 Å². The summed E-state index contributed by atoms with van der Waals surface area (Å²) in [7, 11) is -4.05. The van der Waals surface area contributed by atoms with Crippen LogP contribution in [0.3, 0.4) is 0 Å². The zero-order valence-electron chi connectivity index (χ0n) is 16.0. The minimum Gasteiger partial charge on any atom is -0.287 e. The van der Waals surface area contributed by atoms with Gasteiger partial charge < -0.3 is 0 Å². The lowest BCUT2D eigenvalue weighted by Gasteiger charge is -2.37. The topological polar surface area (TPSA) is 57.7 Å². The molecule has 1 heterocycles. The second kappa shape index (κ2) is 7.21. The fourth-order valence-corrected chi connectivity index (χ4v) is 5.28. The largest absolute Gasteiger partial charge is 0.343 e. The molecule has 1 aliphatic heterocycles. The van der Waals surface area contributed by atoms with Crippen LogP contribution in [0.5, 0.6) is 0 Å². The summed E-state index contributed by atoms with van der Waals surface area (Å²) < 4.78 is 27.7. The van der Waals surface area contributed by atoms with Crippen LogP contribution in [-0.4, -0.2) is 14.4 Å². The number of halogens is 1. The van der Waals surface area contributed by atoms with Crippen LogP contribution in [0.1, 0.15) is 16.7 Å². The van der Waals surface area contributed by atoms with E-state index in [0.29, 0.717) is 22.0 Å². The van der Waals surface area contributed by atoms with Crippen molar-refractivity contribution < 1.29 is 13.2 Å². The molecule has 0 unspecified atom stereocenters. The number of aryl methyl sites for hydroxylation is 2. The van der Waals surface area contributed by atoms with Crippen molar-refractivity contribution in [3.8, 4) is 0 Å². The van der Waals surface area contributed by atoms with E-state index in [4.69, 9.17) is 11.6 Å². The monoisotopic (exact) mass is 426 g/mol. The third-order valence-corrected chi connectivity index (χ3v) is 7.05. The third kappa shape index (κ3) is 3.28. The van der Waals surface area contributed by atoms with Crippen LogP contribution in [-0.2, 0) is 16.6 Å². The van der Waals surface area contributed by atoms with Crippen LogP contribution in [0.15, 0.2) is 71.6 Å². The first-order valence-corrected chi connectivity index (χ1v) is 10.9. The van der Waals surface area contributed by atoms with Gasteiger partial charge in [0.15, 0.2) is 0 Å². The van der Waals surface area contributed by atoms with Gasteiger partial charge in [0.25, 0.3) is 10.0 Å². The summed E-state index contributed by atoms with van der Waals surface area (Å²) >= 11 is 6.30. The van der Waals surface area contributed by atoms with Crippen LogP contribution >= 0.6 is 11.6 Å². The summed E-state index contributed by atoms with van der Waals surface area (Å²) in [5.41, 5.74) is 3.00. The number of anilines is 2. The Bertz CT molecular complexity index is 1220. The fourth-order valence-electron chi connectivity index (χ4n) is 3.43. The van der Waals surface area contributed by atoms with Crippen LogP contribution in [0.25, 0.3) is 0 Å². The third-order valence-electron chi connectivity index (χ3n) is 4.95. The summed E-state index contributed by atoms with van der Waals surface area (Å²) in [6.45, 7) is 3.81. The zero-order chi connectivity index (χ0) is 20.8. The summed E-state index contributed by atoms with van der Waals surface area (Å²) in [5.74, 6) is 0. The van der Waals surface area contributed by atoms with Crippen molar-refractivity contribution in [2.24, 2.45) is 0 Å². The molecule has 0 aromatic heterocycles. The molecule has 5 nitrogen and oxygen atoms in total. The quantitative estimate of drug-likeness (QED) is 0.571. The number of hydrogen-bond donors (Lipinski definition) is 0. The molecule has 0 saturated carbocycles. The minimum atomic E-state index is -4.05. The van der Waals surface area contributed by atoms with Crippen molar-refractivity contribution >= 4 is 39.0 Å². The molecule has 2 amide bonds. The minimum absolute atomic E-state index is 0.0903. The van der Waals surface area contributed by atoms with Crippen molar-refractivity contribution in [3.63, 3.8) is 0 Å². The summed E-state index contributed by atoms with van der Waals surface area (Å²) in [5, 5.41) is 0.518. The Labute approximate surface area is 175 Å². The van der Waals surface area contributed by atoms with Crippen LogP contribution in [0.4, 0.5) is 16.2 Å². The van der Waals surface area contributed by atoms with Gasteiger partial charge in [-0.1, -0.05) is 54.1 Å². The fraction of sp³-hybridized carbons (Fsp3) is 0.136. The molecule has 0 aliphatic carbocycles. The van der Waals surface area contributed by atoms with Crippen LogP contribution < -0.4 is 9.21 Å². The molecular formula is C22H19ClN2O3S. The number of carbonyl (C=O) groups excluding carboxylic acids is 1.